The third-order valence-corrected chi connectivity index (χ3v) is 4.11. The van der Waals surface area contributed by atoms with Gasteiger partial charge in [0, 0.05) is 6.54 Å². The second-order valence-electron chi connectivity index (χ2n) is 5.59. The zero-order valence-electron chi connectivity index (χ0n) is 11.1. The van der Waals surface area contributed by atoms with Crippen molar-refractivity contribution in [1.29, 1.82) is 0 Å². The Morgan fingerprint density at radius 2 is 2.28 bits per heavy atom. The Bertz CT molecular complexity index is 407. The van der Waals surface area contributed by atoms with Crippen molar-refractivity contribution >= 4 is 0 Å². The molecule has 0 spiro atoms. The summed E-state index contributed by atoms with van der Waals surface area (Å²) >= 11 is 0. The number of nitrogens with one attached hydrogen (secondary N) is 1. The summed E-state index contributed by atoms with van der Waals surface area (Å²) in [5.74, 6) is 0.795. The van der Waals surface area contributed by atoms with Crippen LogP contribution in [0.15, 0.2) is 24.3 Å². The van der Waals surface area contributed by atoms with E-state index in [0.29, 0.717) is 6.04 Å². The summed E-state index contributed by atoms with van der Waals surface area (Å²) in [6, 6.07) is 9.00. The number of ether oxygens (including phenoxy) is 1. The van der Waals surface area contributed by atoms with Gasteiger partial charge in [-0.1, -0.05) is 24.3 Å². The number of hydrogen-bond acceptors (Lipinski definition) is 3. The van der Waals surface area contributed by atoms with Crippen molar-refractivity contribution in [2.24, 2.45) is 5.92 Å². The fourth-order valence-corrected chi connectivity index (χ4v) is 3.05. The molecule has 0 bridgehead atoms. The molecule has 2 atom stereocenters. The molecular weight excluding hydrogens is 224 g/mol. The van der Waals surface area contributed by atoms with Gasteiger partial charge < -0.3 is 15.0 Å². The number of fused-ring (bicyclic) bond motifs is 1. The smallest absolute Gasteiger partial charge is 0.0721 e. The van der Waals surface area contributed by atoms with Crippen molar-refractivity contribution in [3.8, 4) is 0 Å². The first-order chi connectivity index (χ1) is 8.83. The molecule has 18 heavy (non-hydrogen) atoms. The Morgan fingerprint density at radius 3 is 3.11 bits per heavy atom. The summed E-state index contributed by atoms with van der Waals surface area (Å²) in [5, 5.41) is 3.69. The van der Waals surface area contributed by atoms with E-state index in [-0.39, 0.29) is 0 Å². The van der Waals surface area contributed by atoms with Crippen LogP contribution in [0.1, 0.15) is 23.6 Å². The highest BCUT2D eigenvalue weighted by Gasteiger charge is 2.23. The summed E-state index contributed by atoms with van der Waals surface area (Å²) in [7, 11) is 2.21. The third kappa shape index (κ3) is 2.58. The van der Waals surface area contributed by atoms with Crippen LogP contribution in [-0.2, 0) is 11.3 Å². The van der Waals surface area contributed by atoms with Gasteiger partial charge in [-0.25, -0.2) is 0 Å². The first kappa shape index (κ1) is 12.2. The molecule has 3 nitrogen and oxygen atoms in total. The molecule has 1 aromatic rings. The Morgan fingerprint density at radius 1 is 1.39 bits per heavy atom. The Hall–Kier alpha value is -0.900. The lowest BCUT2D eigenvalue weighted by Gasteiger charge is -2.27. The van der Waals surface area contributed by atoms with Crippen molar-refractivity contribution in [3.63, 3.8) is 0 Å². The van der Waals surface area contributed by atoms with Crippen molar-refractivity contribution in [2.45, 2.75) is 19.1 Å². The normalized spacial score (nSPS) is 28.3. The van der Waals surface area contributed by atoms with E-state index in [0.717, 1.165) is 25.7 Å². The van der Waals surface area contributed by atoms with Crippen LogP contribution in [0.2, 0.25) is 0 Å². The topological polar surface area (TPSA) is 24.5 Å². The molecule has 2 aliphatic rings. The molecule has 0 saturated carbocycles. The van der Waals surface area contributed by atoms with Gasteiger partial charge in [-0.05, 0) is 43.6 Å². The standard InChI is InChI=1S/C15H22N2O/c1-17-7-6-12(9-17)8-16-15-11-18-10-13-4-2-3-5-14(13)15/h2-5,12,15-16H,6-11H2,1H3. The number of hydrogen-bond donors (Lipinski definition) is 1. The van der Waals surface area contributed by atoms with E-state index in [1.54, 1.807) is 0 Å². The van der Waals surface area contributed by atoms with E-state index in [1.807, 2.05) is 0 Å². The lowest BCUT2D eigenvalue weighted by molar-refractivity contribution is 0.0810. The van der Waals surface area contributed by atoms with E-state index in [2.05, 4.69) is 41.5 Å². The van der Waals surface area contributed by atoms with Crippen molar-refractivity contribution in [1.82, 2.24) is 10.2 Å². The summed E-state index contributed by atoms with van der Waals surface area (Å²) in [5.41, 5.74) is 2.76. The zero-order valence-corrected chi connectivity index (χ0v) is 11.1. The van der Waals surface area contributed by atoms with Crippen molar-refractivity contribution in [2.75, 3.05) is 33.3 Å². The zero-order chi connectivity index (χ0) is 12.4. The van der Waals surface area contributed by atoms with Crippen LogP contribution in [-0.4, -0.2) is 38.2 Å². The molecule has 0 radical (unpaired) electrons. The largest absolute Gasteiger partial charge is 0.375 e. The molecule has 2 aliphatic heterocycles. The van der Waals surface area contributed by atoms with Gasteiger partial charge in [0.1, 0.15) is 0 Å². The minimum Gasteiger partial charge on any atom is -0.375 e. The predicted octanol–water partition coefficient (Wildman–Crippen LogP) is 1.80. The number of nitrogens with zero attached hydrogens (tertiary/aromatic N) is 1. The SMILES string of the molecule is CN1CCC(CNC2COCc3ccccc32)C1. The lowest BCUT2D eigenvalue weighted by atomic mass is 9.98. The lowest BCUT2D eigenvalue weighted by Crippen LogP contribution is -2.33. The van der Waals surface area contributed by atoms with Gasteiger partial charge in [0.05, 0.1) is 19.3 Å². The summed E-state index contributed by atoms with van der Waals surface area (Å²) in [6.45, 7) is 5.14. The van der Waals surface area contributed by atoms with Gasteiger partial charge in [0.15, 0.2) is 0 Å². The molecule has 2 heterocycles. The van der Waals surface area contributed by atoms with Crippen LogP contribution in [0.3, 0.4) is 0 Å². The van der Waals surface area contributed by atoms with Gasteiger partial charge in [-0.2, -0.15) is 0 Å². The van der Waals surface area contributed by atoms with Crippen LogP contribution in [0.25, 0.3) is 0 Å². The third-order valence-electron chi connectivity index (χ3n) is 4.11. The van der Waals surface area contributed by atoms with E-state index in [9.17, 15) is 0 Å². The predicted molar refractivity (Wildman–Crippen MR) is 72.4 cm³/mol. The van der Waals surface area contributed by atoms with Crippen LogP contribution in [0, 0.1) is 5.92 Å². The van der Waals surface area contributed by atoms with Gasteiger partial charge in [-0.15, -0.1) is 0 Å². The maximum atomic E-state index is 5.67. The molecular formula is C15H22N2O. The minimum atomic E-state index is 0.376. The van der Waals surface area contributed by atoms with E-state index in [4.69, 9.17) is 4.74 Å². The molecule has 1 saturated heterocycles. The number of benzene rings is 1. The second kappa shape index (κ2) is 5.39. The maximum absolute atomic E-state index is 5.67. The van der Waals surface area contributed by atoms with E-state index < -0.39 is 0 Å². The summed E-state index contributed by atoms with van der Waals surface area (Å²) in [4.78, 5) is 2.41. The highest BCUT2D eigenvalue weighted by atomic mass is 16.5. The van der Waals surface area contributed by atoms with Gasteiger partial charge in [0.2, 0.25) is 0 Å². The Kier molecular flexibility index (Phi) is 3.64. The molecule has 3 rings (SSSR count). The van der Waals surface area contributed by atoms with Crippen LogP contribution in [0.5, 0.6) is 0 Å². The van der Waals surface area contributed by atoms with Crippen LogP contribution in [0.4, 0.5) is 0 Å². The quantitative estimate of drug-likeness (QED) is 0.880. The monoisotopic (exact) mass is 246 g/mol. The molecule has 0 amide bonds. The first-order valence-electron chi connectivity index (χ1n) is 6.90. The Labute approximate surface area is 109 Å². The van der Waals surface area contributed by atoms with Crippen molar-refractivity contribution in [3.05, 3.63) is 35.4 Å². The number of likely N-dealkylation sites (tertiary alicyclic amines) is 1. The highest BCUT2D eigenvalue weighted by Crippen LogP contribution is 2.25. The maximum Gasteiger partial charge on any atom is 0.0721 e. The first-order valence-corrected chi connectivity index (χ1v) is 6.90. The van der Waals surface area contributed by atoms with E-state index >= 15 is 0 Å². The van der Waals surface area contributed by atoms with Crippen LogP contribution < -0.4 is 5.32 Å². The molecule has 1 aromatic carbocycles. The molecule has 1 fully saturated rings. The van der Waals surface area contributed by atoms with Gasteiger partial charge in [0.25, 0.3) is 0 Å². The molecule has 3 heteroatoms. The molecule has 0 aromatic heterocycles. The molecule has 98 valence electrons. The fourth-order valence-electron chi connectivity index (χ4n) is 3.05. The molecule has 0 aliphatic carbocycles. The van der Waals surface area contributed by atoms with Crippen LogP contribution >= 0.6 is 0 Å². The average molecular weight is 246 g/mol. The fraction of sp³-hybridized carbons (Fsp3) is 0.600. The average Bonchev–Trinajstić information content (AvgIpc) is 2.82. The van der Waals surface area contributed by atoms with Gasteiger partial charge >= 0.3 is 0 Å². The molecule has 2 unspecified atom stereocenters. The second-order valence-corrected chi connectivity index (χ2v) is 5.59. The Balaban J connectivity index is 1.60. The minimum absolute atomic E-state index is 0.376. The molecule has 1 N–H and O–H groups in total. The van der Waals surface area contributed by atoms with E-state index in [1.165, 1.54) is 30.6 Å². The van der Waals surface area contributed by atoms with Crippen molar-refractivity contribution < 1.29 is 4.74 Å². The van der Waals surface area contributed by atoms with Gasteiger partial charge in [-0.3, -0.25) is 0 Å². The number of rotatable bonds is 3. The highest BCUT2D eigenvalue weighted by molar-refractivity contribution is 5.31. The summed E-state index contributed by atoms with van der Waals surface area (Å²) in [6.07, 6.45) is 1.32. The summed E-state index contributed by atoms with van der Waals surface area (Å²) < 4.78 is 5.67.